The highest BCUT2D eigenvalue weighted by Gasteiger charge is 2.23. The van der Waals surface area contributed by atoms with Gasteiger partial charge >= 0.3 is 0 Å². The first-order chi connectivity index (χ1) is 9.00. The van der Waals surface area contributed by atoms with E-state index in [0.717, 1.165) is 16.3 Å². The van der Waals surface area contributed by atoms with Gasteiger partial charge in [0.15, 0.2) is 0 Å². The number of hydrogen-bond donors (Lipinski definition) is 2. The minimum Gasteiger partial charge on any atom is -0.308 e. The lowest BCUT2D eigenvalue weighted by Crippen LogP contribution is -2.50. The molecule has 1 unspecified atom stereocenters. The first-order valence-electron chi connectivity index (χ1n) is 6.17. The molecule has 0 amide bonds. The van der Waals surface area contributed by atoms with Crippen molar-refractivity contribution in [3.8, 4) is 0 Å². The average molecular weight is 384 g/mol. The molecular formula is C13H20BrClN2O2S. The predicted octanol–water partition coefficient (Wildman–Crippen LogP) is 3.08. The minimum atomic E-state index is -3.23. The number of halogens is 2. The van der Waals surface area contributed by atoms with Crippen LogP contribution in [0.25, 0.3) is 0 Å². The van der Waals surface area contributed by atoms with E-state index in [0.29, 0.717) is 11.6 Å². The number of benzene rings is 1. The van der Waals surface area contributed by atoms with Crippen LogP contribution in [0, 0.1) is 0 Å². The van der Waals surface area contributed by atoms with E-state index < -0.39 is 15.6 Å². The maximum atomic E-state index is 11.3. The van der Waals surface area contributed by atoms with E-state index >= 15 is 0 Å². The Bertz CT molecular complexity index is 576. The Morgan fingerprint density at radius 2 is 2.00 bits per heavy atom. The van der Waals surface area contributed by atoms with Gasteiger partial charge in [0.2, 0.25) is 10.0 Å². The molecule has 0 aliphatic heterocycles. The van der Waals surface area contributed by atoms with Crippen molar-refractivity contribution in [2.24, 2.45) is 0 Å². The van der Waals surface area contributed by atoms with Crippen LogP contribution in [0.4, 0.5) is 0 Å². The van der Waals surface area contributed by atoms with Gasteiger partial charge in [0.1, 0.15) is 0 Å². The van der Waals surface area contributed by atoms with Crippen LogP contribution < -0.4 is 10.0 Å². The molecule has 1 aromatic rings. The van der Waals surface area contributed by atoms with E-state index in [4.69, 9.17) is 11.6 Å². The molecule has 1 atom stereocenters. The largest absolute Gasteiger partial charge is 0.308 e. The molecule has 0 spiro atoms. The summed E-state index contributed by atoms with van der Waals surface area (Å²) in [6.07, 6.45) is 1.16. The van der Waals surface area contributed by atoms with Crippen LogP contribution in [0.3, 0.4) is 0 Å². The van der Waals surface area contributed by atoms with Gasteiger partial charge < -0.3 is 5.32 Å². The minimum absolute atomic E-state index is 0.0243. The zero-order valence-corrected chi connectivity index (χ0v) is 15.2. The first kappa shape index (κ1) is 17.9. The molecule has 20 heavy (non-hydrogen) atoms. The smallest absolute Gasteiger partial charge is 0.209 e. The summed E-state index contributed by atoms with van der Waals surface area (Å²) in [6.45, 7) is 6.15. The highest BCUT2D eigenvalue weighted by molar-refractivity contribution is 9.10. The Hall–Kier alpha value is -0.140. The van der Waals surface area contributed by atoms with E-state index in [1.165, 1.54) is 0 Å². The average Bonchev–Trinajstić information content (AvgIpc) is 2.22. The van der Waals surface area contributed by atoms with Crippen molar-refractivity contribution in [3.05, 3.63) is 33.3 Å². The summed E-state index contributed by atoms with van der Waals surface area (Å²) in [4.78, 5) is 0. The molecule has 1 rings (SSSR count). The standard InChI is InChI=1S/C13H20BrClN2O2S/c1-9(11-6-5-10(14)7-12(11)15)16-8-13(2,3)17-20(4,18)19/h5-7,9,16-17H,8H2,1-4H3. The van der Waals surface area contributed by atoms with E-state index in [1.807, 2.05) is 39.0 Å². The van der Waals surface area contributed by atoms with Gasteiger partial charge in [0.25, 0.3) is 0 Å². The van der Waals surface area contributed by atoms with Crippen molar-refractivity contribution in [3.63, 3.8) is 0 Å². The summed E-state index contributed by atoms with van der Waals surface area (Å²) in [5, 5.41) is 3.97. The van der Waals surface area contributed by atoms with Crippen molar-refractivity contribution < 1.29 is 8.42 Å². The highest BCUT2D eigenvalue weighted by Crippen LogP contribution is 2.26. The van der Waals surface area contributed by atoms with E-state index in [2.05, 4.69) is 26.0 Å². The fraction of sp³-hybridized carbons (Fsp3) is 0.538. The second-order valence-corrected chi connectivity index (χ2v) is 8.60. The van der Waals surface area contributed by atoms with Crippen molar-refractivity contribution in [1.82, 2.24) is 10.0 Å². The summed E-state index contributed by atoms with van der Waals surface area (Å²) in [6, 6.07) is 5.74. The quantitative estimate of drug-likeness (QED) is 0.793. The van der Waals surface area contributed by atoms with Gasteiger partial charge in [0, 0.05) is 27.6 Å². The Labute approximate surface area is 134 Å². The summed E-state index contributed by atoms with van der Waals surface area (Å²) in [7, 11) is -3.23. The van der Waals surface area contributed by atoms with Crippen LogP contribution in [-0.4, -0.2) is 26.8 Å². The zero-order chi connectivity index (χ0) is 15.6. The number of hydrogen-bond acceptors (Lipinski definition) is 3. The molecule has 0 fully saturated rings. The van der Waals surface area contributed by atoms with Gasteiger partial charge in [0.05, 0.1) is 6.26 Å². The van der Waals surface area contributed by atoms with Gasteiger partial charge in [-0.15, -0.1) is 0 Å². The molecule has 0 aromatic heterocycles. The van der Waals surface area contributed by atoms with Crippen LogP contribution in [0.2, 0.25) is 5.02 Å². The van der Waals surface area contributed by atoms with Crippen molar-refractivity contribution in [2.45, 2.75) is 32.4 Å². The molecule has 7 heteroatoms. The first-order valence-corrected chi connectivity index (χ1v) is 9.24. The van der Waals surface area contributed by atoms with Crippen molar-refractivity contribution >= 4 is 37.6 Å². The van der Waals surface area contributed by atoms with Gasteiger partial charge in [-0.2, -0.15) is 0 Å². The Morgan fingerprint density at radius 1 is 1.40 bits per heavy atom. The third kappa shape index (κ3) is 6.10. The third-order valence-electron chi connectivity index (χ3n) is 2.74. The van der Waals surface area contributed by atoms with Crippen LogP contribution in [0.15, 0.2) is 22.7 Å². The third-order valence-corrected chi connectivity index (χ3v) is 4.48. The second-order valence-electron chi connectivity index (χ2n) is 5.53. The molecular weight excluding hydrogens is 364 g/mol. The van der Waals surface area contributed by atoms with Crippen LogP contribution in [-0.2, 0) is 10.0 Å². The van der Waals surface area contributed by atoms with Gasteiger partial charge in [-0.05, 0) is 38.5 Å². The normalized spacial score (nSPS) is 14.3. The fourth-order valence-corrected chi connectivity index (χ4v) is 3.82. The maximum absolute atomic E-state index is 11.3. The van der Waals surface area contributed by atoms with E-state index in [9.17, 15) is 8.42 Å². The molecule has 0 saturated heterocycles. The molecule has 0 heterocycles. The summed E-state index contributed by atoms with van der Waals surface area (Å²) >= 11 is 9.57. The number of sulfonamides is 1. The Morgan fingerprint density at radius 3 is 2.50 bits per heavy atom. The van der Waals surface area contributed by atoms with Crippen LogP contribution in [0.5, 0.6) is 0 Å². The maximum Gasteiger partial charge on any atom is 0.209 e. The lowest BCUT2D eigenvalue weighted by molar-refractivity contribution is 0.399. The molecule has 0 aliphatic rings. The zero-order valence-electron chi connectivity index (χ0n) is 12.0. The SMILES string of the molecule is CC(NCC(C)(C)NS(C)(=O)=O)c1ccc(Br)cc1Cl. The van der Waals surface area contributed by atoms with Crippen LogP contribution in [0.1, 0.15) is 32.4 Å². The van der Waals surface area contributed by atoms with Gasteiger partial charge in [-0.3, -0.25) is 0 Å². The lowest BCUT2D eigenvalue weighted by atomic mass is 10.0. The van der Waals surface area contributed by atoms with E-state index in [-0.39, 0.29) is 6.04 Å². The van der Waals surface area contributed by atoms with Crippen molar-refractivity contribution in [2.75, 3.05) is 12.8 Å². The Balaban J connectivity index is 2.69. The number of nitrogens with one attached hydrogen (secondary N) is 2. The monoisotopic (exact) mass is 382 g/mol. The van der Waals surface area contributed by atoms with Gasteiger partial charge in [-0.1, -0.05) is 33.6 Å². The summed E-state index contributed by atoms with van der Waals surface area (Å²) in [5.74, 6) is 0. The molecule has 1 aromatic carbocycles. The summed E-state index contributed by atoms with van der Waals surface area (Å²) in [5.41, 5.74) is 0.411. The van der Waals surface area contributed by atoms with E-state index in [1.54, 1.807) is 0 Å². The van der Waals surface area contributed by atoms with Crippen LogP contribution >= 0.6 is 27.5 Å². The van der Waals surface area contributed by atoms with Crippen molar-refractivity contribution in [1.29, 1.82) is 0 Å². The molecule has 114 valence electrons. The number of rotatable bonds is 6. The lowest BCUT2D eigenvalue weighted by Gasteiger charge is -2.28. The molecule has 0 bridgehead atoms. The topological polar surface area (TPSA) is 58.2 Å². The predicted molar refractivity (Wildman–Crippen MR) is 87.6 cm³/mol. The molecule has 4 nitrogen and oxygen atoms in total. The molecule has 2 N–H and O–H groups in total. The molecule has 0 radical (unpaired) electrons. The Kier molecular flexibility index (Phi) is 6.04. The highest BCUT2D eigenvalue weighted by atomic mass is 79.9. The van der Waals surface area contributed by atoms with Gasteiger partial charge in [-0.25, -0.2) is 13.1 Å². The molecule has 0 saturated carbocycles. The second kappa shape index (κ2) is 6.75. The summed E-state index contributed by atoms with van der Waals surface area (Å²) < 4.78 is 26.1. The fourth-order valence-electron chi connectivity index (χ4n) is 1.91. The molecule has 0 aliphatic carbocycles.